The Labute approximate surface area is 166 Å². The molecule has 0 spiro atoms. The third-order valence-electron chi connectivity index (χ3n) is 4.65. The van der Waals surface area contributed by atoms with Gasteiger partial charge >= 0.3 is 5.97 Å². The molecule has 1 aliphatic heterocycles. The van der Waals surface area contributed by atoms with Crippen molar-refractivity contribution in [3.63, 3.8) is 0 Å². The predicted molar refractivity (Wildman–Crippen MR) is 108 cm³/mol. The molecule has 0 saturated carbocycles. The number of aromatic hydroxyl groups is 1. The number of benzene rings is 1. The molecule has 0 radical (unpaired) electrons. The number of thiophene rings is 1. The maximum absolute atomic E-state index is 12.4. The van der Waals surface area contributed by atoms with E-state index < -0.39 is 0 Å². The van der Waals surface area contributed by atoms with Crippen LogP contribution in [0.15, 0.2) is 24.3 Å². The highest BCUT2D eigenvalue weighted by Gasteiger charge is 2.25. The number of carbonyl (C=O) groups excluding carboxylic acids is 1. The smallest absolute Gasteiger partial charge is 0.348 e. The lowest BCUT2D eigenvalue weighted by Gasteiger charge is -2.28. The van der Waals surface area contributed by atoms with Crippen molar-refractivity contribution in [1.82, 2.24) is 9.97 Å². The monoisotopic (exact) mass is 399 g/mol. The van der Waals surface area contributed by atoms with Gasteiger partial charge in [0.05, 0.1) is 25.2 Å². The summed E-state index contributed by atoms with van der Waals surface area (Å²) < 4.78 is 10.7. The van der Waals surface area contributed by atoms with E-state index in [-0.39, 0.29) is 11.7 Å². The quantitative estimate of drug-likeness (QED) is 0.673. The fraction of sp³-hybridized carbons (Fsp3) is 0.350. The zero-order valence-electron chi connectivity index (χ0n) is 15.8. The molecule has 4 rings (SSSR count). The highest BCUT2D eigenvalue weighted by molar-refractivity contribution is 7.20. The van der Waals surface area contributed by atoms with Crippen molar-refractivity contribution in [3.8, 4) is 17.1 Å². The van der Waals surface area contributed by atoms with E-state index in [1.54, 1.807) is 25.1 Å². The summed E-state index contributed by atoms with van der Waals surface area (Å²) in [5, 5.41) is 10.7. The molecule has 0 unspecified atom stereocenters. The summed E-state index contributed by atoms with van der Waals surface area (Å²) in [7, 11) is 0. The second-order valence-corrected chi connectivity index (χ2v) is 7.48. The third kappa shape index (κ3) is 3.41. The first-order valence-corrected chi connectivity index (χ1v) is 10.0. The Morgan fingerprint density at radius 1 is 1.32 bits per heavy atom. The number of aromatic nitrogens is 2. The van der Waals surface area contributed by atoms with E-state index in [1.807, 2.05) is 13.0 Å². The average Bonchev–Trinajstić information content (AvgIpc) is 3.05. The first-order valence-electron chi connectivity index (χ1n) is 9.19. The van der Waals surface area contributed by atoms with Crippen LogP contribution in [0.3, 0.4) is 0 Å². The number of aryl methyl sites for hydroxylation is 1. The molecule has 146 valence electrons. The number of ether oxygens (including phenoxy) is 2. The van der Waals surface area contributed by atoms with Crippen LogP contribution in [0.5, 0.6) is 5.75 Å². The van der Waals surface area contributed by atoms with E-state index in [9.17, 15) is 9.90 Å². The first-order chi connectivity index (χ1) is 13.6. The highest BCUT2D eigenvalue weighted by Crippen LogP contribution is 2.38. The Morgan fingerprint density at radius 3 is 2.82 bits per heavy atom. The lowest BCUT2D eigenvalue weighted by atomic mass is 10.1. The van der Waals surface area contributed by atoms with Crippen LogP contribution in [0.2, 0.25) is 0 Å². The van der Waals surface area contributed by atoms with Gasteiger partial charge in [0, 0.05) is 18.7 Å². The summed E-state index contributed by atoms with van der Waals surface area (Å²) in [5.74, 6) is 1.12. The zero-order valence-corrected chi connectivity index (χ0v) is 16.6. The zero-order chi connectivity index (χ0) is 19.7. The van der Waals surface area contributed by atoms with Gasteiger partial charge in [-0.3, -0.25) is 0 Å². The second kappa shape index (κ2) is 7.73. The largest absolute Gasteiger partial charge is 0.508 e. The van der Waals surface area contributed by atoms with Gasteiger partial charge in [-0.2, -0.15) is 0 Å². The normalized spacial score (nSPS) is 14.4. The molecule has 0 bridgehead atoms. The van der Waals surface area contributed by atoms with Crippen molar-refractivity contribution in [3.05, 3.63) is 34.7 Å². The van der Waals surface area contributed by atoms with Crippen LogP contribution < -0.4 is 4.90 Å². The van der Waals surface area contributed by atoms with Crippen LogP contribution in [0.25, 0.3) is 21.6 Å². The van der Waals surface area contributed by atoms with Crippen LogP contribution in [0.1, 0.15) is 22.2 Å². The van der Waals surface area contributed by atoms with Gasteiger partial charge in [0.15, 0.2) is 5.82 Å². The van der Waals surface area contributed by atoms with Gasteiger partial charge in [-0.25, -0.2) is 14.8 Å². The van der Waals surface area contributed by atoms with Crippen molar-refractivity contribution in [1.29, 1.82) is 0 Å². The first kappa shape index (κ1) is 18.6. The average molecular weight is 399 g/mol. The molecule has 0 aliphatic carbocycles. The molecular weight excluding hydrogens is 378 g/mol. The van der Waals surface area contributed by atoms with Crippen LogP contribution in [0, 0.1) is 6.92 Å². The number of hydrogen-bond acceptors (Lipinski definition) is 8. The number of phenolic OH excluding ortho intramolecular Hbond substituents is 1. The summed E-state index contributed by atoms with van der Waals surface area (Å²) in [4.78, 5) is 25.4. The summed E-state index contributed by atoms with van der Waals surface area (Å²) in [5.41, 5.74) is 1.56. The molecule has 1 aromatic carbocycles. The van der Waals surface area contributed by atoms with E-state index in [4.69, 9.17) is 19.4 Å². The summed E-state index contributed by atoms with van der Waals surface area (Å²) in [6.45, 7) is 6.71. The molecule has 28 heavy (non-hydrogen) atoms. The van der Waals surface area contributed by atoms with Crippen molar-refractivity contribution in [2.75, 3.05) is 37.8 Å². The number of phenols is 1. The lowest BCUT2D eigenvalue weighted by Crippen LogP contribution is -2.37. The molecule has 3 heterocycles. The molecule has 2 aromatic heterocycles. The molecule has 1 N–H and O–H groups in total. The second-order valence-electron chi connectivity index (χ2n) is 6.48. The van der Waals surface area contributed by atoms with Crippen LogP contribution in [-0.4, -0.2) is 54.0 Å². The Hall–Kier alpha value is -2.71. The number of hydrogen-bond donors (Lipinski definition) is 1. The summed E-state index contributed by atoms with van der Waals surface area (Å²) >= 11 is 1.32. The van der Waals surface area contributed by atoms with Crippen molar-refractivity contribution in [2.24, 2.45) is 0 Å². The molecule has 1 saturated heterocycles. The van der Waals surface area contributed by atoms with Gasteiger partial charge in [-0.15, -0.1) is 11.3 Å². The van der Waals surface area contributed by atoms with Gasteiger partial charge in [0.1, 0.15) is 21.3 Å². The van der Waals surface area contributed by atoms with Crippen molar-refractivity contribution >= 4 is 33.3 Å². The molecule has 1 aliphatic rings. The Bertz CT molecular complexity index is 1030. The Morgan fingerprint density at radius 2 is 2.11 bits per heavy atom. The van der Waals surface area contributed by atoms with Crippen molar-refractivity contribution in [2.45, 2.75) is 13.8 Å². The minimum absolute atomic E-state index is 0.156. The Kier molecular flexibility index (Phi) is 5.15. The van der Waals surface area contributed by atoms with Crippen molar-refractivity contribution < 1.29 is 19.4 Å². The van der Waals surface area contributed by atoms with Gasteiger partial charge in [-0.05, 0) is 31.5 Å². The van der Waals surface area contributed by atoms with Gasteiger partial charge in [0.2, 0.25) is 0 Å². The van der Waals surface area contributed by atoms with Gasteiger partial charge < -0.3 is 19.5 Å². The maximum atomic E-state index is 12.4. The van der Waals surface area contributed by atoms with E-state index in [1.165, 1.54) is 11.3 Å². The highest BCUT2D eigenvalue weighted by atomic mass is 32.1. The number of esters is 1. The number of morpholine rings is 1. The number of anilines is 1. The molecule has 0 amide bonds. The molecule has 1 fully saturated rings. The molecule has 3 aromatic rings. The number of fused-ring (bicyclic) bond motifs is 1. The van der Waals surface area contributed by atoms with E-state index in [2.05, 4.69) is 4.90 Å². The number of nitrogens with zero attached hydrogens (tertiary/aromatic N) is 3. The van der Waals surface area contributed by atoms with Crippen LogP contribution >= 0.6 is 11.3 Å². The van der Waals surface area contributed by atoms with Gasteiger partial charge in [-0.1, -0.05) is 12.1 Å². The number of rotatable bonds is 4. The SMILES string of the molecule is CCOC(=O)c1sc2nc(-c3cccc(O)c3)nc(N3CCOCC3)c2c1C. The molecule has 7 nitrogen and oxygen atoms in total. The maximum Gasteiger partial charge on any atom is 0.348 e. The Balaban J connectivity index is 1.92. The predicted octanol–water partition coefficient (Wildman–Crippen LogP) is 3.39. The summed E-state index contributed by atoms with van der Waals surface area (Å²) in [6, 6.07) is 6.86. The molecular formula is C20H21N3O4S. The minimum Gasteiger partial charge on any atom is -0.508 e. The van der Waals surface area contributed by atoms with E-state index >= 15 is 0 Å². The fourth-order valence-electron chi connectivity index (χ4n) is 3.29. The van der Waals surface area contributed by atoms with E-state index in [0.29, 0.717) is 30.5 Å². The third-order valence-corrected chi connectivity index (χ3v) is 5.81. The summed E-state index contributed by atoms with van der Waals surface area (Å²) in [6.07, 6.45) is 0. The van der Waals surface area contributed by atoms with Crippen LogP contribution in [0.4, 0.5) is 5.82 Å². The minimum atomic E-state index is -0.338. The van der Waals surface area contributed by atoms with Crippen LogP contribution in [-0.2, 0) is 9.47 Å². The topological polar surface area (TPSA) is 84.8 Å². The lowest BCUT2D eigenvalue weighted by molar-refractivity contribution is 0.0531. The fourth-order valence-corrected chi connectivity index (χ4v) is 4.36. The molecule has 8 heteroatoms. The van der Waals surface area contributed by atoms with Gasteiger partial charge in [0.25, 0.3) is 0 Å². The standard InChI is InChI=1S/C20H21N3O4S/c1-3-27-20(25)16-12(2)15-18(23-7-9-26-10-8-23)21-17(22-19(15)28-16)13-5-4-6-14(24)11-13/h4-6,11,24H,3,7-10H2,1-2H3. The number of carbonyl (C=O) groups is 1. The van der Waals surface area contributed by atoms with E-state index in [0.717, 1.165) is 40.3 Å². The molecule has 0 atom stereocenters.